The average Bonchev–Trinajstić information content (AvgIpc) is 2.48. The molecule has 1 heterocycles. The maximum absolute atomic E-state index is 10.6. The zero-order chi connectivity index (χ0) is 15.1. The minimum absolute atomic E-state index is 0.466. The molecule has 0 saturated carbocycles. The molecule has 1 aromatic carbocycles. The van der Waals surface area contributed by atoms with Crippen molar-refractivity contribution in [3.63, 3.8) is 0 Å². The fourth-order valence-corrected chi connectivity index (χ4v) is 2.27. The number of carbonyl (C=O) groups is 1. The van der Waals surface area contributed by atoms with Crippen molar-refractivity contribution < 1.29 is 14.6 Å². The third kappa shape index (κ3) is 4.72. The molecule has 108 valence electrons. The summed E-state index contributed by atoms with van der Waals surface area (Å²) in [6.07, 6.45) is 5.04. The molecule has 0 spiro atoms. The van der Waals surface area contributed by atoms with Crippen LogP contribution in [-0.2, 0) is 11.2 Å². The van der Waals surface area contributed by atoms with E-state index in [1.54, 1.807) is 12.3 Å². The van der Waals surface area contributed by atoms with E-state index in [0.29, 0.717) is 24.3 Å². The van der Waals surface area contributed by atoms with Gasteiger partial charge >= 0.3 is 5.97 Å². The lowest BCUT2D eigenvalue weighted by Crippen LogP contribution is -2.04. The Balaban J connectivity index is 2.06. The summed E-state index contributed by atoms with van der Waals surface area (Å²) in [5.74, 6) is -0.361. The molecule has 0 amide bonds. The van der Waals surface area contributed by atoms with Gasteiger partial charge in [-0.05, 0) is 40.2 Å². The Kier molecular flexibility index (Phi) is 5.51. The van der Waals surface area contributed by atoms with Crippen molar-refractivity contribution in [3.8, 4) is 5.75 Å². The Hall–Kier alpha value is -2.14. The highest BCUT2D eigenvalue weighted by Gasteiger charge is 2.06. The molecule has 1 aromatic heterocycles. The number of carboxylic acids is 1. The van der Waals surface area contributed by atoms with E-state index in [1.807, 2.05) is 30.3 Å². The van der Waals surface area contributed by atoms with Crippen LogP contribution in [0.3, 0.4) is 0 Å². The summed E-state index contributed by atoms with van der Waals surface area (Å²) >= 11 is 3.42. The lowest BCUT2D eigenvalue weighted by atomic mass is 10.2. The average molecular weight is 348 g/mol. The van der Waals surface area contributed by atoms with Crippen molar-refractivity contribution in [2.24, 2.45) is 0 Å². The topological polar surface area (TPSA) is 59.4 Å². The van der Waals surface area contributed by atoms with Crippen LogP contribution in [0.15, 0.2) is 53.1 Å². The van der Waals surface area contributed by atoms with Crippen molar-refractivity contribution in [1.29, 1.82) is 0 Å². The van der Waals surface area contributed by atoms with Crippen molar-refractivity contribution in [2.75, 3.05) is 6.61 Å². The van der Waals surface area contributed by atoms with E-state index in [9.17, 15) is 4.79 Å². The summed E-state index contributed by atoms with van der Waals surface area (Å²) < 4.78 is 6.56. The van der Waals surface area contributed by atoms with Crippen molar-refractivity contribution >= 4 is 28.0 Å². The van der Waals surface area contributed by atoms with Gasteiger partial charge in [-0.25, -0.2) is 4.79 Å². The molecule has 21 heavy (non-hydrogen) atoms. The van der Waals surface area contributed by atoms with Crippen molar-refractivity contribution in [1.82, 2.24) is 4.98 Å². The van der Waals surface area contributed by atoms with Gasteiger partial charge in [-0.3, -0.25) is 4.98 Å². The molecular formula is C16H14BrNO3. The zero-order valence-corrected chi connectivity index (χ0v) is 12.8. The van der Waals surface area contributed by atoms with Gasteiger partial charge in [0, 0.05) is 30.0 Å². The Morgan fingerprint density at radius 2 is 2.14 bits per heavy atom. The first-order valence-corrected chi connectivity index (χ1v) is 7.18. The normalized spacial score (nSPS) is 10.7. The maximum atomic E-state index is 10.6. The molecule has 5 heteroatoms. The van der Waals surface area contributed by atoms with E-state index < -0.39 is 5.97 Å². The van der Waals surface area contributed by atoms with Crippen molar-refractivity contribution in [2.45, 2.75) is 6.42 Å². The molecule has 0 aliphatic heterocycles. The van der Waals surface area contributed by atoms with Crippen LogP contribution in [0.1, 0.15) is 11.3 Å². The third-order valence-corrected chi connectivity index (χ3v) is 3.36. The molecular weight excluding hydrogens is 334 g/mol. The highest BCUT2D eigenvalue weighted by atomic mass is 79.9. The molecule has 0 aliphatic rings. The van der Waals surface area contributed by atoms with E-state index in [2.05, 4.69) is 20.9 Å². The van der Waals surface area contributed by atoms with E-state index in [1.165, 1.54) is 6.08 Å². The van der Waals surface area contributed by atoms with Gasteiger partial charge in [0.15, 0.2) is 0 Å². The highest BCUT2D eigenvalue weighted by Crippen LogP contribution is 2.30. The van der Waals surface area contributed by atoms with E-state index >= 15 is 0 Å². The first kappa shape index (κ1) is 15.3. The number of aromatic nitrogens is 1. The minimum Gasteiger partial charge on any atom is -0.491 e. The number of hydrogen-bond acceptors (Lipinski definition) is 3. The number of hydrogen-bond donors (Lipinski definition) is 1. The summed E-state index contributed by atoms with van der Waals surface area (Å²) in [7, 11) is 0. The Morgan fingerprint density at radius 3 is 2.86 bits per heavy atom. The quantitative estimate of drug-likeness (QED) is 0.811. The lowest BCUT2D eigenvalue weighted by Gasteiger charge is -2.11. The van der Waals surface area contributed by atoms with Gasteiger partial charge in [-0.2, -0.15) is 0 Å². The Bertz CT molecular complexity index is 641. The number of aliphatic carboxylic acids is 1. The largest absolute Gasteiger partial charge is 0.491 e. The number of halogens is 1. The molecule has 0 atom stereocenters. The summed E-state index contributed by atoms with van der Waals surface area (Å²) in [6.45, 7) is 0.466. The first-order chi connectivity index (χ1) is 10.2. The van der Waals surface area contributed by atoms with Gasteiger partial charge in [0.25, 0.3) is 0 Å². The number of pyridine rings is 1. The highest BCUT2D eigenvalue weighted by molar-refractivity contribution is 9.10. The molecule has 0 aliphatic carbocycles. The summed E-state index contributed by atoms with van der Waals surface area (Å²) in [6, 6.07) is 11.2. The first-order valence-electron chi connectivity index (χ1n) is 6.39. The second-order valence-corrected chi connectivity index (χ2v) is 5.10. The van der Waals surface area contributed by atoms with E-state index in [0.717, 1.165) is 16.2 Å². The fraction of sp³-hybridized carbons (Fsp3) is 0.125. The SMILES string of the molecule is O=C(O)C=Cc1cccc(Br)c1OCCc1ccccn1. The molecule has 0 fully saturated rings. The smallest absolute Gasteiger partial charge is 0.328 e. The number of nitrogens with zero attached hydrogens (tertiary/aromatic N) is 1. The molecule has 2 aromatic rings. The predicted octanol–water partition coefficient (Wildman–Crippen LogP) is 3.56. The molecule has 0 radical (unpaired) electrons. The van der Waals surface area contributed by atoms with Crippen LogP contribution in [0.5, 0.6) is 5.75 Å². The van der Waals surface area contributed by atoms with Gasteiger partial charge in [0.1, 0.15) is 5.75 Å². The van der Waals surface area contributed by atoms with Crippen molar-refractivity contribution in [3.05, 3.63) is 64.4 Å². The number of para-hydroxylation sites is 1. The summed E-state index contributed by atoms with van der Waals surface area (Å²) in [5, 5.41) is 8.71. The Labute approximate surface area is 131 Å². The zero-order valence-electron chi connectivity index (χ0n) is 11.2. The predicted molar refractivity (Wildman–Crippen MR) is 84.2 cm³/mol. The minimum atomic E-state index is -0.991. The molecule has 1 N–H and O–H groups in total. The Morgan fingerprint density at radius 1 is 1.29 bits per heavy atom. The molecule has 0 bridgehead atoms. The van der Waals surface area contributed by atoms with Gasteiger partial charge in [0.2, 0.25) is 0 Å². The van der Waals surface area contributed by atoms with Crippen LogP contribution in [0, 0.1) is 0 Å². The maximum Gasteiger partial charge on any atom is 0.328 e. The van der Waals surface area contributed by atoms with Crippen LogP contribution in [0.4, 0.5) is 0 Å². The third-order valence-electron chi connectivity index (χ3n) is 2.73. The van der Waals surface area contributed by atoms with E-state index in [-0.39, 0.29) is 0 Å². The monoisotopic (exact) mass is 347 g/mol. The molecule has 2 rings (SSSR count). The van der Waals surface area contributed by atoms with Crippen LogP contribution in [0.2, 0.25) is 0 Å². The van der Waals surface area contributed by atoms with Gasteiger partial charge in [-0.1, -0.05) is 18.2 Å². The number of rotatable bonds is 6. The molecule has 0 unspecified atom stereocenters. The number of carboxylic acid groups (broad SMARTS) is 1. The second kappa shape index (κ2) is 7.59. The molecule has 0 saturated heterocycles. The van der Waals surface area contributed by atoms with E-state index in [4.69, 9.17) is 9.84 Å². The lowest BCUT2D eigenvalue weighted by molar-refractivity contribution is -0.131. The van der Waals surface area contributed by atoms with Gasteiger partial charge in [-0.15, -0.1) is 0 Å². The summed E-state index contributed by atoms with van der Waals surface area (Å²) in [5.41, 5.74) is 1.67. The van der Waals surface area contributed by atoms with Crippen LogP contribution in [-0.4, -0.2) is 22.7 Å². The van der Waals surface area contributed by atoms with Crippen LogP contribution in [0.25, 0.3) is 6.08 Å². The number of benzene rings is 1. The molecule has 4 nitrogen and oxygen atoms in total. The second-order valence-electron chi connectivity index (χ2n) is 4.25. The fourth-order valence-electron chi connectivity index (χ4n) is 1.77. The van der Waals surface area contributed by atoms with Gasteiger partial charge < -0.3 is 9.84 Å². The van der Waals surface area contributed by atoms with Crippen LogP contribution < -0.4 is 4.74 Å². The summed E-state index contributed by atoms with van der Waals surface area (Å²) in [4.78, 5) is 14.9. The van der Waals surface area contributed by atoms with Crippen LogP contribution >= 0.6 is 15.9 Å². The van der Waals surface area contributed by atoms with Gasteiger partial charge in [0.05, 0.1) is 11.1 Å². The number of ether oxygens (including phenoxy) is 1. The standard InChI is InChI=1S/C16H14BrNO3/c17-14-6-3-4-12(7-8-15(19)20)16(14)21-11-9-13-5-1-2-10-18-13/h1-8,10H,9,11H2,(H,19,20).